The van der Waals surface area contributed by atoms with Crippen LogP contribution in [-0.4, -0.2) is 35.1 Å². The zero-order valence-electron chi connectivity index (χ0n) is 11.5. The average Bonchev–Trinajstić information content (AvgIpc) is 2.37. The third-order valence-corrected chi connectivity index (χ3v) is 3.29. The molecule has 2 N–H and O–H groups in total. The number of hydrogen-bond acceptors (Lipinski definition) is 2. The predicted molar refractivity (Wildman–Crippen MR) is 82.8 cm³/mol. The van der Waals surface area contributed by atoms with Crippen LogP contribution in [-0.2, 0) is 4.79 Å². The van der Waals surface area contributed by atoms with Gasteiger partial charge in [0, 0.05) is 16.6 Å². The first-order chi connectivity index (χ1) is 9.85. The Kier molecular flexibility index (Phi) is 6.52. The van der Waals surface area contributed by atoms with Crippen molar-refractivity contribution in [2.24, 2.45) is 0 Å². The number of nitrogens with one attached hydrogen (secondary N) is 1. The molecule has 0 saturated carbocycles. The van der Waals surface area contributed by atoms with E-state index in [0.717, 1.165) is 4.90 Å². The van der Waals surface area contributed by atoms with Gasteiger partial charge in [0.2, 0.25) is 0 Å². The van der Waals surface area contributed by atoms with Crippen LogP contribution < -0.4 is 5.32 Å². The maximum Gasteiger partial charge on any atom is 0.323 e. The summed E-state index contributed by atoms with van der Waals surface area (Å²) in [6, 6.07) is 4.08. The third kappa shape index (κ3) is 5.28. The van der Waals surface area contributed by atoms with Gasteiger partial charge in [-0.15, -0.1) is 6.58 Å². The van der Waals surface area contributed by atoms with E-state index in [1.54, 1.807) is 25.1 Å². The summed E-state index contributed by atoms with van der Waals surface area (Å²) in [6.07, 6.45) is 1.46. The summed E-state index contributed by atoms with van der Waals surface area (Å²) in [5, 5.41) is 12.4. The maximum absolute atomic E-state index is 12.1. The van der Waals surface area contributed by atoms with Crippen LogP contribution >= 0.6 is 23.2 Å². The van der Waals surface area contributed by atoms with Crippen LogP contribution in [0.2, 0.25) is 10.0 Å². The maximum atomic E-state index is 12.1. The Morgan fingerprint density at radius 1 is 1.48 bits per heavy atom. The Morgan fingerprint density at radius 2 is 2.14 bits per heavy atom. The van der Waals surface area contributed by atoms with Crippen LogP contribution in [0.4, 0.5) is 4.79 Å². The number of hydrogen-bond donors (Lipinski definition) is 2. The average molecular weight is 331 g/mol. The van der Waals surface area contributed by atoms with Gasteiger partial charge >= 0.3 is 12.0 Å². The number of carboxylic acid groups (broad SMARTS) is 1. The van der Waals surface area contributed by atoms with Crippen molar-refractivity contribution >= 4 is 35.2 Å². The van der Waals surface area contributed by atoms with Crippen LogP contribution in [0.15, 0.2) is 30.9 Å². The molecule has 21 heavy (non-hydrogen) atoms. The minimum absolute atomic E-state index is 0.138. The van der Waals surface area contributed by atoms with E-state index in [1.165, 1.54) is 6.08 Å². The fraction of sp³-hybridized carbons (Fsp3) is 0.286. The van der Waals surface area contributed by atoms with E-state index >= 15 is 0 Å². The molecule has 1 aromatic carbocycles. The van der Waals surface area contributed by atoms with Crippen LogP contribution in [0.5, 0.6) is 0 Å². The van der Waals surface area contributed by atoms with Crippen LogP contribution in [0, 0.1) is 0 Å². The Labute approximate surface area is 133 Å². The Balaban J connectivity index is 2.79. The first-order valence-electron chi connectivity index (χ1n) is 6.18. The van der Waals surface area contributed by atoms with E-state index in [4.69, 9.17) is 28.3 Å². The highest BCUT2D eigenvalue weighted by Crippen LogP contribution is 2.26. The fourth-order valence-electron chi connectivity index (χ4n) is 1.75. The van der Waals surface area contributed by atoms with Gasteiger partial charge in [0.1, 0.15) is 6.54 Å². The van der Waals surface area contributed by atoms with Crippen molar-refractivity contribution in [3.63, 3.8) is 0 Å². The van der Waals surface area contributed by atoms with Gasteiger partial charge in [0.25, 0.3) is 0 Å². The fourth-order valence-corrected chi connectivity index (χ4v) is 2.32. The molecule has 5 nitrogen and oxygen atoms in total. The molecule has 1 rings (SSSR count). The van der Waals surface area contributed by atoms with Gasteiger partial charge < -0.3 is 15.3 Å². The molecule has 1 unspecified atom stereocenters. The van der Waals surface area contributed by atoms with Crippen molar-refractivity contribution in [3.05, 3.63) is 46.5 Å². The summed E-state index contributed by atoms with van der Waals surface area (Å²) in [7, 11) is 0. The van der Waals surface area contributed by atoms with E-state index in [0.29, 0.717) is 15.6 Å². The normalized spacial score (nSPS) is 11.6. The molecule has 0 aliphatic carbocycles. The summed E-state index contributed by atoms with van der Waals surface area (Å²) in [6.45, 7) is 4.99. The van der Waals surface area contributed by atoms with E-state index in [2.05, 4.69) is 11.9 Å². The van der Waals surface area contributed by atoms with Crippen molar-refractivity contribution in [3.8, 4) is 0 Å². The Morgan fingerprint density at radius 3 is 2.67 bits per heavy atom. The molecule has 0 aliphatic heterocycles. The first kappa shape index (κ1) is 17.3. The Bertz CT molecular complexity index is 549. The highest BCUT2D eigenvalue weighted by atomic mass is 35.5. The molecular weight excluding hydrogens is 315 g/mol. The molecule has 0 aromatic heterocycles. The quantitative estimate of drug-likeness (QED) is 0.786. The van der Waals surface area contributed by atoms with Crippen molar-refractivity contribution in [1.29, 1.82) is 0 Å². The van der Waals surface area contributed by atoms with Gasteiger partial charge in [-0.3, -0.25) is 4.79 Å². The molecular formula is C14H16Cl2N2O3. The standard InChI is InChI=1S/C14H16Cl2N2O3/c1-3-6-18(8-13(19)20)14(21)17-9(2)11-5-4-10(15)7-12(11)16/h3-5,7,9H,1,6,8H2,2H3,(H,17,21)(H,19,20). The van der Waals surface area contributed by atoms with E-state index in [9.17, 15) is 9.59 Å². The van der Waals surface area contributed by atoms with Crippen molar-refractivity contribution in [2.45, 2.75) is 13.0 Å². The summed E-state index contributed by atoms with van der Waals surface area (Å²) < 4.78 is 0. The van der Waals surface area contributed by atoms with E-state index in [-0.39, 0.29) is 12.6 Å². The van der Waals surface area contributed by atoms with Gasteiger partial charge in [-0.2, -0.15) is 0 Å². The number of halogens is 2. The van der Waals surface area contributed by atoms with Gasteiger partial charge in [-0.25, -0.2) is 4.79 Å². The zero-order valence-corrected chi connectivity index (χ0v) is 13.0. The number of nitrogens with zero attached hydrogens (tertiary/aromatic N) is 1. The summed E-state index contributed by atoms with van der Waals surface area (Å²) in [5.41, 5.74) is 0.697. The largest absolute Gasteiger partial charge is 0.480 e. The monoisotopic (exact) mass is 330 g/mol. The molecule has 0 saturated heterocycles. The molecule has 0 spiro atoms. The minimum atomic E-state index is -1.09. The van der Waals surface area contributed by atoms with Crippen molar-refractivity contribution < 1.29 is 14.7 Å². The number of carbonyl (C=O) groups excluding carboxylic acids is 1. The summed E-state index contributed by atoms with van der Waals surface area (Å²) in [5.74, 6) is -1.09. The predicted octanol–water partition coefficient (Wildman–Crippen LogP) is 3.34. The SMILES string of the molecule is C=CCN(CC(=O)O)C(=O)NC(C)c1ccc(Cl)cc1Cl. The minimum Gasteiger partial charge on any atom is -0.480 e. The second-order valence-electron chi connectivity index (χ2n) is 4.40. The van der Waals surface area contributed by atoms with Crippen LogP contribution in [0.1, 0.15) is 18.5 Å². The molecule has 1 atom stereocenters. The Hall–Kier alpha value is -1.72. The number of benzene rings is 1. The van der Waals surface area contributed by atoms with Crippen LogP contribution in [0.3, 0.4) is 0 Å². The third-order valence-electron chi connectivity index (χ3n) is 2.73. The smallest absolute Gasteiger partial charge is 0.323 e. The van der Waals surface area contributed by atoms with Gasteiger partial charge in [-0.1, -0.05) is 35.3 Å². The highest BCUT2D eigenvalue weighted by Gasteiger charge is 2.19. The van der Waals surface area contributed by atoms with Crippen molar-refractivity contribution in [1.82, 2.24) is 10.2 Å². The van der Waals surface area contributed by atoms with E-state index in [1.807, 2.05) is 0 Å². The molecule has 0 fully saturated rings. The van der Waals surface area contributed by atoms with E-state index < -0.39 is 18.5 Å². The molecule has 0 aliphatic rings. The number of aliphatic carboxylic acids is 1. The molecule has 114 valence electrons. The molecule has 0 bridgehead atoms. The van der Waals surface area contributed by atoms with Gasteiger partial charge in [-0.05, 0) is 24.6 Å². The number of carboxylic acids is 1. The molecule has 7 heteroatoms. The van der Waals surface area contributed by atoms with Crippen molar-refractivity contribution in [2.75, 3.05) is 13.1 Å². The second kappa shape index (κ2) is 7.90. The molecule has 0 heterocycles. The summed E-state index contributed by atoms with van der Waals surface area (Å²) >= 11 is 11.9. The molecule has 1 aromatic rings. The number of rotatable bonds is 6. The first-order valence-corrected chi connectivity index (χ1v) is 6.93. The van der Waals surface area contributed by atoms with Crippen LogP contribution in [0.25, 0.3) is 0 Å². The number of amides is 2. The van der Waals surface area contributed by atoms with Gasteiger partial charge in [0.15, 0.2) is 0 Å². The number of carbonyl (C=O) groups is 2. The molecule has 2 amide bonds. The second-order valence-corrected chi connectivity index (χ2v) is 5.24. The van der Waals surface area contributed by atoms with Gasteiger partial charge in [0.05, 0.1) is 6.04 Å². The lowest BCUT2D eigenvalue weighted by Gasteiger charge is -2.23. The zero-order chi connectivity index (χ0) is 16.0. The lowest BCUT2D eigenvalue weighted by atomic mass is 10.1. The highest BCUT2D eigenvalue weighted by molar-refractivity contribution is 6.35. The topological polar surface area (TPSA) is 69.6 Å². The summed E-state index contributed by atoms with van der Waals surface area (Å²) in [4.78, 5) is 23.9. The lowest BCUT2D eigenvalue weighted by Crippen LogP contribution is -2.43. The number of urea groups is 1. The lowest BCUT2D eigenvalue weighted by molar-refractivity contribution is -0.137. The molecule has 0 radical (unpaired) electrons.